The van der Waals surface area contributed by atoms with Gasteiger partial charge in [0, 0.05) is 24.7 Å². The second kappa shape index (κ2) is 9.19. The number of nitrogens with zero attached hydrogens (tertiary/aromatic N) is 1. The van der Waals surface area contributed by atoms with Crippen molar-refractivity contribution in [1.82, 2.24) is 10.2 Å². The molecule has 0 aliphatic rings. The lowest BCUT2D eigenvalue weighted by Gasteiger charge is -2.23. The summed E-state index contributed by atoms with van der Waals surface area (Å²) in [6, 6.07) is 0.373. The number of likely N-dealkylation sites (N-methyl/N-ethyl adjacent to an activating group) is 1. The van der Waals surface area contributed by atoms with Gasteiger partial charge in [0.05, 0.1) is 0 Å². The number of aliphatic carboxylic acids is 1. The van der Waals surface area contributed by atoms with Crippen LogP contribution in [-0.2, 0) is 4.79 Å². The van der Waals surface area contributed by atoms with Crippen molar-refractivity contribution in [1.29, 1.82) is 0 Å². The van der Waals surface area contributed by atoms with Gasteiger partial charge in [0.2, 0.25) is 0 Å². The quantitative estimate of drug-likeness (QED) is 0.605. The lowest BCUT2D eigenvalue weighted by atomic mass is 10.2. The maximum absolute atomic E-state index is 10.8. The number of hydrogen-bond donors (Lipinski definition) is 2. The van der Waals surface area contributed by atoms with Crippen molar-refractivity contribution < 1.29 is 9.90 Å². The summed E-state index contributed by atoms with van der Waals surface area (Å²) in [6.45, 7) is 12.0. The molecule has 100 valence electrons. The third kappa shape index (κ3) is 7.13. The number of rotatable bonds is 9. The van der Waals surface area contributed by atoms with Crippen LogP contribution in [0.2, 0.25) is 0 Å². The maximum Gasteiger partial charge on any atom is 0.331 e. The van der Waals surface area contributed by atoms with Crippen LogP contribution in [0.15, 0.2) is 11.6 Å². The molecule has 0 spiro atoms. The van der Waals surface area contributed by atoms with Gasteiger partial charge < -0.3 is 15.3 Å². The molecule has 0 saturated heterocycles. The van der Waals surface area contributed by atoms with Gasteiger partial charge in [0.1, 0.15) is 0 Å². The number of hydrogen-bond acceptors (Lipinski definition) is 3. The molecule has 0 aliphatic heterocycles. The van der Waals surface area contributed by atoms with E-state index in [9.17, 15) is 4.79 Å². The molecule has 17 heavy (non-hydrogen) atoms. The number of carboxylic acid groups (broad SMARTS) is 1. The summed E-state index contributed by atoms with van der Waals surface area (Å²) in [5.41, 5.74) is 0.479. The monoisotopic (exact) mass is 242 g/mol. The molecular weight excluding hydrogens is 216 g/mol. The van der Waals surface area contributed by atoms with Gasteiger partial charge in [-0.1, -0.05) is 26.8 Å². The molecule has 0 bridgehead atoms. The maximum atomic E-state index is 10.8. The van der Waals surface area contributed by atoms with E-state index >= 15 is 0 Å². The first-order valence-corrected chi connectivity index (χ1v) is 6.43. The summed E-state index contributed by atoms with van der Waals surface area (Å²) < 4.78 is 0. The molecule has 0 radical (unpaired) electrons. The molecule has 2 N–H and O–H groups in total. The third-order valence-electron chi connectivity index (χ3n) is 2.90. The highest BCUT2D eigenvalue weighted by molar-refractivity contribution is 5.86. The Morgan fingerprint density at radius 2 is 1.94 bits per heavy atom. The van der Waals surface area contributed by atoms with Gasteiger partial charge in [-0.3, -0.25) is 0 Å². The SMILES string of the molecule is CC/C(=C/CNC(C)CN(CC)CC)C(=O)O. The molecule has 0 saturated carbocycles. The van der Waals surface area contributed by atoms with Gasteiger partial charge in [-0.15, -0.1) is 0 Å². The van der Waals surface area contributed by atoms with Gasteiger partial charge in [-0.2, -0.15) is 0 Å². The molecule has 0 amide bonds. The van der Waals surface area contributed by atoms with E-state index in [0.29, 0.717) is 24.6 Å². The molecule has 0 fully saturated rings. The first-order valence-electron chi connectivity index (χ1n) is 6.43. The van der Waals surface area contributed by atoms with Crippen LogP contribution in [0.25, 0.3) is 0 Å². The van der Waals surface area contributed by atoms with Crippen LogP contribution >= 0.6 is 0 Å². The Balaban J connectivity index is 3.98. The van der Waals surface area contributed by atoms with Crippen molar-refractivity contribution in [3.8, 4) is 0 Å². The van der Waals surface area contributed by atoms with Crippen LogP contribution in [-0.4, -0.2) is 48.2 Å². The van der Waals surface area contributed by atoms with E-state index in [2.05, 4.69) is 31.0 Å². The lowest BCUT2D eigenvalue weighted by Crippen LogP contribution is -2.39. The number of nitrogens with one attached hydrogen (secondary N) is 1. The first-order chi connectivity index (χ1) is 8.04. The van der Waals surface area contributed by atoms with E-state index in [0.717, 1.165) is 19.6 Å². The van der Waals surface area contributed by atoms with Gasteiger partial charge in [-0.05, 0) is 26.4 Å². The molecule has 4 heteroatoms. The summed E-state index contributed by atoms with van der Waals surface area (Å²) in [7, 11) is 0. The smallest absolute Gasteiger partial charge is 0.331 e. The number of carboxylic acids is 1. The molecule has 0 aromatic carbocycles. The largest absolute Gasteiger partial charge is 0.478 e. The summed E-state index contributed by atoms with van der Waals surface area (Å²) in [5, 5.41) is 12.2. The van der Waals surface area contributed by atoms with Gasteiger partial charge in [0.15, 0.2) is 0 Å². The number of carbonyl (C=O) groups is 1. The van der Waals surface area contributed by atoms with E-state index in [1.54, 1.807) is 6.08 Å². The van der Waals surface area contributed by atoms with Crippen molar-refractivity contribution in [3.63, 3.8) is 0 Å². The van der Waals surface area contributed by atoms with Crippen molar-refractivity contribution in [2.75, 3.05) is 26.2 Å². The third-order valence-corrected chi connectivity index (χ3v) is 2.90. The van der Waals surface area contributed by atoms with Gasteiger partial charge >= 0.3 is 5.97 Å². The van der Waals surface area contributed by atoms with E-state index in [1.165, 1.54) is 0 Å². The molecule has 0 rings (SSSR count). The highest BCUT2D eigenvalue weighted by Gasteiger charge is 2.07. The fourth-order valence-corrected chi connectivity index (χ4v) is 1.70. The fourth-order valence-electron chi connectivity index (χ4n) is 1.70. The van der Waals surface area contributed by atoms with Crippen molar-refractivity contribution in [3.05, 3.63) is 11.6 Å². The van der Waals surface area contributed by atoms with Crippen LogP contribution in [0.3, 0.4) is 0 Å². The molecule has 1 atom stereocenters. The van der Waals surface area contributed by atoms with E-state index in [4.69, 9.17) is 5.11 Å². The zero-order chi connectivity index (χ0) is 13.3. The Morgan fingerprint density at radius 3 is 2.35 bits per heavy atom. The Morgan fingerprint density at radius 1 is 1.35 bits per heavy atom. The van der Waals surface area contributed by atoms with Gasteiger partial charge in [0.25, 0.3) is 0 Å². The summed E-state index contributed by atoms with van der Waals surface area (Å²) in [5.74, 6) is -0.814. The second-order valence-electron chi connectivity index (χ2n) is 4.18. The second-order valence-corrected chi connectivity index (χ2v) is 4.18. The van der Waals surface area contributed by atoms with Crippen LogP contribution in [0.5, 0.6) is 0 Å². The zero-order valence-electron chi connectivity index (χ0n) is 11.5. The minimum atomic E-state index is -0.814. The average molecular weight is 242 g/mol. The molecular formula is C13H26N2O2. The Hall–Kier alpha value is -0.870. The summed E-state index contributed by atoms with van der Waals surface area (Å²) >= 11 is 0. The predicted molar refractivity (Wildman–Crippen MR) is 71.3 cm³/mol. The van der Waals surface area contributed by atoms with Crippen LogP contribution < -0.4 is 5.32 Å². The van der Waals surface area contributed by atoms with E-state index in [1.807, 2.05) is 6.92 Å². The standard InChI is InChI=1S/C13H26N2O2/c1-5-12(13(16)17)8-9-14-11(4)10-15(6-2)7-3/h8,11,14H,5-7,9-10H2,1-4H3,(H,16,17)/b12-8-. The normalized spacial score (nSPS) is 14.1. The highest BCUT2D eigenvalue weighted by Crippen LogP contribution is 1.99. The summed E-state index contributed by atoms with van der Waals surface area (Å²) in [4.78, 5) is 13.1. The highest BCUT2D eigenvalue weighted by atomic mass is 16.4. The lowest BCUT2D eigenvalue weighted by molar-refractivity contribution is -0.132. The first kappa shape index (κ1) is 16.1. The Bertz CT molecular complexity index is 248. The van der Waals surface area contributed by atoms with Crippen LogP contribution in [0.4, 0.5) is 0 Å². The van der Waals surface area contributed by atoms with Crippen molar-refractivity contribution in [2.24, 2.45) is 0 Å². The average Bonchev–Trinajstić information content (AvgIpc) is 2.31. The van der Waals surface area contributed by atoms with E-state index in [-0.39, 0.29) is 0 Å². The fraction of sp³-hybridized carbons (Fsp3) is 0.769. The minimum Gasteiger partial charge on any atom is -0.478 e. The van der Waals surface area contributed by atoms with Crippen LogP contribution in [0, 0.1) is 0 Å². The molecule has 0 aromatic rings. The summed E-state index contributed by atoms with van der Waals surface area (Å²) in [6.07, 6.45) is 2.34. The molecule has 0 aliphatic carbocycles. The minimum absolute atomic E-state index is 0.373. The molecule has 0 aromatic heterocycles. The Kier molecular flexibility index (Phi) is 8.72. The Labute approximate surface area is 105 Å². The molecule has 4 nitrogen and oxygen atoms in total. The molecule has 0 heterocycles. The van der Waals surface area contributed by atoms with Crippen molar-refractivity contribution in [2.45, 2.75) is 40.2 Å². The van der Waals surface area contributed by atoms with Crippen LogP contribution in [0.1, 0.15) is 34.1 Å². The van der Waals surface area contributed by atoms with Gasteiger partial charge in [-0.25, -0.2) is 4.79 Å². The molecule has 1 unspecified atom stereocenters. The van der Waals surface area contributed by atoms with E-state index < -0.39 is 5.97 Å². The zero-order valence-corrected chi connectivity index (χ0v) is 11.5. The topological polar surface area (TPSA) is 52.6 Å². The predicted octanol–water partition coefficient (Wildman–Crippen LogP) is 1.73. The van der Waals surface area contributed by atoms with Crippen molar-refractivity contribution >= 4 is 5.97 Å².